The van der Waals surface area contributed by atoms with E-state index in [0.717, 1.165) is 40.8 Å². The number of likely N-dealkylation sites (N-methyl/N-ethyl adjacent to an activating group) is 1. The van der Waals surface area contributed by atoms with Crippen LogP contribution in [0.3, 0.4) is 0 Å². The van der Waals surface area contributed by atoms with Crippen molar-refractivity contribution in [1.29, 1.82) is 0 Å². The Morgan fingerprint density at radius 2 is 1.75 bits per heavy atom. The quantitative estimate of drug-likeness (QED) is 0.405. The molecule has 1 aliphatic carbocycles. The summed E-state index contributed by atoms with van der Waals surface area (Å²) in [4.78, 5) is 19.9. The van der Waals surface area contributed by atoms with Gasteiger partial charge < -0.3 is 14.2 Å². The maximum atomic E-state index is 13.2. The molecule has 1 amide bonds. The van der Waals surface area contributed by atoms with E-state index < -0.39 is 0 Å². The summed E-state index contributed by atoms with van der Waals surface area (Å²) >= 11 is 0. The average molecular weight is 428 g/mol. The van der Waals surface area contributed by atoms with E-state index in [-0.39, 0.29) is 12.5 Å². The molecule has 0 radical (unpaired) electrons. The van der Waals surface area contributed by atoms with Crippen LogP contribution in [-0.4, -0.2) is 33.4 Å². The number of aromatic nitrogens is 2. The first-order valence-electron chi connectivity index (χ1n) is 11.5. The van der Waals surface area contributed by atoms with E-state index in [1.54, 1.807) is 0 Å². The first-order chi connectivity index (χ1) is 15.7. The summed E-state index contributed by atoms with van der Waals surface area (Å²) in [5.74, 6) is 1.70. The van der Waals surface area contributed by atoms with Crippen LogP contribution in [0.4, 0.5) is 0 Å². The number of hydrogen-bond acceptors (Lipinski definition) is 3. The van der Waals surface area contributed by atoms with Gasteiger partial charge >= 0.3 is 0 Å². The summed E-state index contributed by atoms with van der Waals surface area (Å²) < 4.78 is 8.13. The van der Waals surface area contributed by atoms with Crippen molar-refractivity contribution in [3.63, 3.8) is 0 Å². The normalized spacial score (nSPS) is 14.7. The third-order valence-corrected chi connectivity index (χ3v) is 6.63. The Bertz CT molecular complexity index is 1240. The second-order valence-electron chi connectivity index (χ2n) is 8.70. The molecular formula is C27H29N3O2. The zero-order valence-electron chi connectivity index (χ0n) is 18.5. The van der Waals surface area contributed by atoms with E-state index in [1.807, 2.05) is 65.0 Å². The van der Waals surface area contributed by atoms with Crippen LogP contribution in [0.1, 0.15) is 37.9 Å². The summed E-state index contributed by atoms with van der Waals surface area (Å²) in [6.07, 6.45) is 5.90. The van der Waals surface area contributed by atoms with Crippen molar-refractivity contribution < 1.29 is 9.53 Å². The number of fused-ring (bicyclic) bond motifs is 2. The Morgan fingerprint density at radius 3 is 2.59 bits per heavy atom. The summed E-state index contributed by atoms with van der Waals surface area (Å²) in [5.41, 5.74) is 1.85. The van der Waals surface area contributed by atoms with Crippen molar-refractivity contribution in [1.82, 2.24) is 14.5 Å². The van der Waals surface area contributed by atoms with E-state index in [4.69, 9.17) is 9.72 Å². The SMILES string of the molecule is CN(C(=O)Cn1c(COc2ccc3ccccc3c2)nc2ccccc21)C1CCCCC1. The van der Waals surface area contributed by atoms with Crippen LogP contribution in [0.5, 0.6) is 5.75 Å². The van der Waals surface area contributed by atoms with Crippen molar-refractivity contribution in [2.75, 3.05) is 7.05 Å². The maximum absolute atomic E-state index is 13.2. The number of amides is 1. The van der Waals surface area contributed by atoms with Crippen LogP contribution in [-0.2, 0) is 17.9 Å². The zero-order chi connectivity index (χ0) is 21.9. The van der Waals surface area contributed by atoms with E-state index >= 15 is 0 Å². The molecule has 0 saturated heterocycles. The van der Waals surface area contributed by atoms with Gasteiger partial charge in [-0.25, -0.2) is 4.98 Å². The van der Waals surface area contributed by atoms with Gasteiger partial charge in [0.2, 0.25) is 5.91 Å². The van der Waals surface area contributed by atoms with Crippen molar-refractivity contribution in [3.8, 4) is 5.75 Å². The minimum atomic E-state index is 0.131. The summed E-state index contributed by atoms with van der Waals surface area (Å²) in [6, 6.07) is 22.7. The number of para-hydroxylation sites is 2. The lowest BCUT2D eigenvalue weighted by Gasteiger charge is -2.31. The highest BCUT2D eigenvalue weighted by Gasteiger charge is 2.23. The van der Waals surface area contributed by atoms with Gasteiger partial charge in [0.1, 0.15) is 24.7 Å². The van der Waals surface area contributed by atoms with Gasteiger partial charge in [-0.05, 0) is 47.9 Å². The number of nitrogens with zero attached hydrogens (tertiary/aromatic N) is 3. The van der Waals surface area contributed by atoms with Gasteiger partial charge in [-0.2, -0.15) is 0 Å². The zero-order valence-corrected chi connectivity index (χ0v) is 18.5. The van der Waals surface area contributed by atoms with E-state index in [2.05, 4.69) is 18.2 Å². The van der Waals surface area contributed by atoms with E-state index in [0.29, 0.717) is 12.6 Å². The van der Waals surface area contributed by atoms with Crippen LogP contribution >= 0.6 is 0 Å². The van der Waals surface area contributed by atoms with Gasteiger partial charge in [0.05, 0.1) is 11.0 Å². The molecule has 0 bridgehead atoms. The topological polar surface area (TPSA) is 47.4 Å². The first-order valence-corrected chi connectivity index (χ1v) is 11.5. The van der Waals surface area contributed by atoms with Crippen molar-refractivity contribution in [2.45, 2.75) is 51.3 Å². The molecule has 164 valence electrons. The molecule has 1 aliphatic rings. The fourth-order valence-corrected chi connectivity index (χ4v) is 4.74. The third-order valence-electron chi connectivity index (χ3n) is 6.63. The molecular weight excluding hydrogens is 398 g/mol. The number of rotatable bonds is 6. The molecule has 32 heavy (non-hydrogen) atoms. The molecule has 1 heterocycles. The molecule has 1 fully saturated rings. The van der Waals surface area contributed by atoms with Crippen molar-refractivity contribution in [2.24, 2.45) is 0 Å². The van der Waals surface area contributed by atoms with Crippen LogP contribution in [0.15, 0.2) is 66.7 Å². The summed E-state index contributed by atoms with van der Waals surface area (Å²) in [6.45, 7) is 0.595. The van der Waals surface area contributed by atoms with Crippen LogP contribution in [0, 0.1) is 0 Å². The number of benzene rings is 3. The molecule has 0 atom stereocenters. The highest BCUT2D eigenvalue weighted by atomic mass is 16.5. The average Bonchev–Trinajstić information content (AvgIpc) is 3.20. The van der Waals surface area contributed by atoms with Gasteiger partial charge in [0.25, 0.3) is 0 Å². The lowest BCUT2D eigenvalue weighted by Crippen LogP contribution is -2.40. The summed E-state index contributed by atoms with van der Waals surface area (Å²) in [7, 11) is 1.95. The number of carbonyl (C=O) groups is 1. The standard InChI is InChI=1S/C27H29N3O2/c1-29(22-11-3-2-4-12-22)27(31)18-30-25-14-8-7-13-24(25)28-26(30)19-32-23-16-15-20-9-5-6-10-21(20)17-23/h5-10,13-17,22H,2-4,11-12,18-19H2,1H3. The molecule has 0 N–H and O–H groups in total. The van der Waals surface area contributed by atoms with E-state index in [9.17, 15) is 4.79 Å². The predicted octanol–water partition coefficient (Wildman–Crippen LogP) is 5.56. The van der Waals surface area contributed by atoms with Crippen LogP contribution < -0.4 is 4.74 Å². The predicted molar refractivity (Wildman–Crippen MR) is 128 cm³/mol. The molecule has 0 spiro atoms. The second-order valence-corrected chi connectivity index (χ2v) is 8.70. The second kappa shape index (κ2) is 9.03. The lowest BCUT2D eigenvalue weighted by molar-refractivity contribution is -0.133. The molecule has 5 heteroatoms. The molecule has 5 rings (SSSR count). The summed E-state index contributed by atoms with van der Waals surface area (Å²) in [5, 5.41) is 2.33. The molecule has 1 saturated carbocycles. The Balaban J connectivity index is 1.37. The Labute approximate surface area is 188 Å². The number of imidazole rings is 1. The van der Waals surface area contributed by atoms with Crippen LogP contribution in [0.2, 0.25) is 0 Å². The first kappa shape index (κ1) is 20.6. The fraction of sp³-hybridized carbons (Fsp3) is 0.333. The highest BCUT2D eigenvalue weighted by molar-refractivity contribution is 5.84. The third kappa shape index (κ3) is 4.20. The van der Waals surface area contributed by atoms with Crippen molar-refractivity contribution >= 4 is 27.7 Å². The maximum Gasteiger partial charge on any atom is 0.242 e. The van der Waals surface area contributed by atoms with Gasteiger partial charge in [0, 0.05) is 13.1 Å². The fourth-order valence-electron chi connectivity index (χ4n) is 4.74. The van der Waals surface area contributed by atoms with Gasteiger partial charge in [-0.1, -0.05) is 61.7 Å². The molecule has 0 aliphatic heterocycles. The van der Waals surface area contributed by atoms with Gasteiger partial charge in [0.15, 0.2) is 0 Å². The van der Waals surface area contributed by atoms with Crippen molar-refractivity contribution in [3.05, 3.63) is 72.6 Å². The molecule has 0 unspecified atom stereocenters. The molecule has 1 aromatic heterocycles. The minimum Gasteiger partial charge on any atom is -0.486 e. The lowest BCUT2D eigenvalue weighted by atomic mass is 9.94. The smallest absolute Gasteiger partial charge is 0.242 e. The Morgan fingerprint density at radius 1 is 1.00 bits per heavy atom. The Hall–Kier alpha value is -3.34. The molecule has 4 aromatic rings. The number of carbonyl (C=O) groups excluding carboxylic acids is 1. The van der Waals surface area contributed by atoms with Crippen LogP contribution in [0.25, 0.3) is 21.8 Å². The largest absolute Gasteiger partial charge is 0.486 e. The Kier molecular flexibility index (Phi) is 5.80. The molecule has 3 aromatic carbocycles. The van der Waals surface area contributed by atoms with E-state index in [1.165, 1.54) is 24.6 Å². The van der Waals surface area contributed by atoms with Gasteiger partial charge in [-0.3, -0.25) is 4.79 Å². The number of hydrogen-bond donors (Lipinski definition) is 0. The monoisotopic (exact) mass is 427 g/mol. The highest BCUT2D eigenvalue weighted by Crippen LogP contribution is 2.24. The minimum absolute atomic E-state index is 0.131. The molecule has 5 nitrogen and oxygen atoms in total. The number of ether oxygens (including phenoxy) is 1. The van der Waals surface area contributed by atoms with Gasteiger partial charge in [-0.15, -0.1) is 0 Å².